The molecule has 1 aliphatic carbocycles. The quantitative estimate of drug-likeness (QED) is 0.180. The number of rotatable bonds is 13. The first kappa shape index (κ1) is 33.1. The lowest BCUT2D eigenvalue weighted by Gasteiger charge is -2.35. The van der Waals surface area contributed by atoms with Crippen molar-refractivity contribution >= 4 is 104 Å². The van der Waals surface area contributed by atoms with Crippen LogP contribution in [0.5, 0.6) is 0 Å². The highest BCUT2D eigenvalue weighted by Gasteiger charge is 2.39. The molecule has 210 valence electrons. The molecule has 3 fully saturated rings. The zero-order chi connectivity index (χ0) is 26.9. The fourth-order valence-corrected chi connectivity index (χ4v) is 17.7. The second-order valence-electron chi connectivity index (χ2n) is 10.2. The van der Waals surface area contributed by atoms with Gasteiger partial charge in [-0.15, -0.1) is 47.0 Å². The Bertz CT molecular complexity index is 797. The molecular weight excluding hydrogens is 613 g/mol. The zero-order valence-electron chi connectivity index (χ0n) is 22.5. The standard InChI is InChI=1S/C27H42O2S8/c1-16(2)25(28)33-13-21-12-32-23(36-21)15-31-11-19-7-9-20(10-8-19)24(30-6)27-34-14-22(37-27)18(5)35-26(29)17(3)4/h18-24,27H,1,3,7-15H2,2,4-6H3. The van der Waals surface area contributed by atoms with Gasteiger partial charge in [0.15, 0.2) is 0 Å². The molecule has 0 aromatic carbocycles. The minimum absolute atomic E-state index is 0.149. The van der Waals surface area contributed by atoms with Crippen LogP contribution in [0.25, 0.3) is 0 Å². The Balaban J connectivity index is 1.32. The van der Waals surface area contributed by atoms with Crippen molar-refractivity contribution in [2.75, 3.05) is 35.0 Å². The average Bonchev–Trinajstić information content (AvgIpc) is 3.54. The Morgan fingerprint density at radius 1 is 0.919 bits per heavy atom. The molecule has 3 rings (SSSR count). The van der Waals surface area contributed by atoms with E-state index in [9.17, 15) is 9.59 Å². The highest BCUT2D eigenvalue weighted by molar-refractivity contribution is 8.23. The van der Waals surface area contributed by atoms with E-state index < -0.39 is 0 Å². The van der Waals surface area contributed by atoms with E-state index in [0.29, 0.717) is 36.1 Å². The van der Waals surface area contributed by atoms with E-state index in [4.69, 9.17) is 0 Å². The predicted molar refractivity (Wildman–Crippen MR) is 184 cm³/mol. The lowest BCUT2D eigenvalue weighted by molar-refractivity contribution is -0.108. The third-order valence-corrected chi connectivity index (χ3v) is 19.9. The van der Waals surface area contributed by atoms with E-state index in [1.165, 1.54) is 66.5 Å². The first-order valence-corrected chi connectivity index (χ1v) is 21.3. The maximum absolute atomic E-state index is 12.1. The van der Waals surface area contributed by atoms with Gasteiger partial charge in [-0.3, -0.25) is 9.59 Å². The molecule has 37 heavy (non-hydrogen) atoms. The molecule has 3 aliphatic rings. The van der Waals surface area contributed by atoms with Crippen molar-refractivity contribution in [1.29, 1.82) is 0 Å². The van der Waals surface area contributed by atoms with Crippen molar-refractivity contribution in [3.05, 3.63) is 24.3 Å². The first-order chi connectivity index (χ1) is 17.7. The van der Waals surface area contributed by atoms with Gasteiger partial charge in [0.25, 0.3) is 0 Å². The molecule has 0 aromatic heterocycles. The molecular formula is C27H42O2S8. The Labute approximate surface area is 259 Å². The van der Waals surface area contributed by atoms with Crippen LogP contribution < -0.4 is 0 Å². The van der Waals surface area contributed by atoms with Gasteiger partial charge < -0.3 is 0 Å². The van der Waals surface area contributed by atoms with Crippen molar-refractivity contribution in [1.82, 2.24) is 0 Å². The minimum atomic E-state index is 0.149. The Morgan fingerprint density at radius 3 is 2.27 bits per heavy atom. The van der Waals surface area contributed by atoms with Crippen LogP contribution in [0, 0.1) is 11.8 Å². The van der Waals surface area contributed by atoms with Crippen molar-refractivity contribution in [3.8, 4) is 0 Å². The molecule has 6 atom stereocenters. The van der Waals surface area contributed by atoms with E-state index in [1.807, 2.05) is 6.92 Å². The monoisotopic (exact) mass is 654 g/mol. The number of thioether (sulfide) groups is 8. The highest BCUT2D eigenvalue weighted by Crippen LogP contribution is 2.50. The molecule has 2 saturated heterocycles. The third kappa shape index (κ3) is 10.8. The van der Waals surface area contributed by atoms with Gasteiger partial charge in [-0.1, -0.05) is 43.6 Å². The Morgan fingerprint density at radius 2 is 1.62 bits per heavy atom. The normalized spacial score (nSPS) is 31.7. The maximum Gasteiger partial charge on any atom is 0.214 e. The van der Waals surface area contributed by atoms with E-state index >= 15 is 0 Å². The summed E-state index contributed by atoms with van der Waals surface area (Å²) in [4.78, 5) is 23.9. The van der Waals surface area contributed by atoms with E-state index in [2.05, 4.69) is 96.9 Å². The fraction of sp³-hybridized carbons (Fsp3) is 0.778. The van der Waals surface area contributed by atoms with Crippen LogP contribution in [0.3, 0.4) is 0 Å². The molecule has 10 heteroatoms. The van der Waals surface area contributed by atoms with Crippen LogP contribution in [0.15, 0.2) is 24.3 Å². The summed E-state index contributed by atoms with van der Waals surface area (Å²) in [5.41, 5.74) is 1.33. The number of hydrogen-bond donors (Lipinski definition) is 0. The summed E-state index contributed by atoms with van der Waals surface area (Å²) >= 11 is 15.6. The van der Waals surface area contributed by atoms with Gasteiger partial charge in [0.1, 0.15) is 0 Å². The number of hydrogen-bond acceptors (Lipinski definition) is 10. The summed E-state index contributed by atoms with van der Waals surface area (Å²) in [5, 5.41) is 2.53. The molecule has 6 unspecified atom stereocenters. The molecule has 2 heterocycles. The van der Waals surface area contributed by atoms with Gasteiger partial charge >= 0.3 is 0 Å². The van der Waals surface area contributed by atoms with Gasteiger partial charge in [0, 0.05) is 44.0 Å². The van der Waals surface area contributed by atoms with Gasteiger partial charge in [-0.05, 0) is 74.5 Å². The minimum Gasteiger partial charge on any atom is -0.282 e. The SMILES string of the molecule is C=C(C)C(=O)SCC1CSC(CSCC2CCC(C(SC)C3SCC(C(C)SC(=O)C(=C)C)S3)CC2)S1. The second-order valence-corrected chi connectivity index (χ2v) is 20.5. The molecule has 0 bridgehead atoms. The third-order valence-electron chi connectivity index (χ3n) is 6.96. The Hall–Kier alpha value is 1.62. The van der Waals surface area contributed by atoms with Gasteiger partial charge in [0.2, 0.25) is 10.2 Å². The van der Waals surface area contributed by atoms with Crippen LogP contribution in [-0.2, 0) is 9.59 Å². The summed E-state index contributed by atoms with van der Waals surface area (Å²) in [6.07, 6.45) is 7.82. The van der Waals surface area contributed by atoms with Crippen molar-refractivity contribution in [2.24, 2.45) is 11.8 Å². The lowest BCUT2D eigenvalue weighted by Crippen LogP contribution is -2.30. The summed E-state index contributed by atoms with van der Waals surface area (Å²) in [7, 11) is 0. The first-order valence-electron chi connectivity index (χ1n) is 13.0. The summed E-state index contributed by atoms with van der Waals surface area (Å²) in [6.45, 7) is 13.4. The lowest BCUT2D eigenvalue weighted by atomic mass is 9.81. The van der Waals surface area contributed by atoms with Crippen LogP contribution >= 0.6 is 94.1 Å². The van der Waals surface area contributed by atoms with Crippen LogP contribution in [0.1, 0.15) is 46.5 Å². The predicted octanol–water partition coefficient (Wildman–Crippen LogP) is 8.67. The van der Waals surface area contributed by atoms with E-state index in [0.717, 1.165) is 28.6 Å². The van der Waals surface area contributed by atoms with Crippen molar-refractivity contribution in [2.45, 2.75) is 76.6 Å². The molecule has 0 radical (unpaired) electrons. The number of carbonyl (C=O) groups excluding carboxylic acids is 2. The smallest absolute Gasteiger partial charge is 0.214 e. The fourth-order valence-electron chi connectivity index (χ4n) is 4.72. The topological polar surface area (TPSA) is 34.1 Å². The van der Waals surface area contributed by atoms with Crippen molar-refractivity contribution < 1.29 is 9.59 Å². The summed E-state index contributed by atoms with van der Waals surface area (Å²) in [5.74, 6) is 7.52. The second kappa shape index (κ2) is 16.9. The van der Waals surface area contributed by atoms with Gasteiger partial charge in [0.05, 0.1) is 9.16 Å². The van der Waals surface area contributed by atoms with Gasteiger partial charge in [-0.25, -0.2) is 0 Å². The summed E-state index contributed by atoms with van der Waals surface area (Å²) < 4.78 is 1.34. The molecule has 2 aliphatic heterocycles. The van der Waals surface area contributed by atoms with E-state index in [-0.39, 0.29) is 10.2 Å². The van der Waals surface area contributed by atoms with Gasteiger partial charge in [-0.2, -0.15) is 23.5 Å². The van der Waals surface area contributed by atoms with Crippen LogP contribution in [0.2, 0.25) is 0 Å². The van der Waals surface area contributed by atoms with Crippen LogP contribution in [-0.4, -0.2) is 75.4 Å². The van der Waals surface area contributed by atoms with Crippen LogP contribution in [0.4, 0.5) is 0 Å². The summed E-state index contributed by atoms with van der Waals surface area (Å²) in [6, 6.07) is 0. The highest BCUT2D eigenvalue weighted by atomic mass is 32.2. The van der Waals surface area contributed by atoms with Crippen molar-refractivity contribution in [3.63, 3.8) is 0 Å². The molecule has 2 nitrogen and oxygen atoms in total. The Kier molecular flexibility index (Phi) is 15.1. The molecule has 0 N–H and O–H groups in total. The largest absolute Gasteiger partial charge is 0.282 e. The average molecular weight is 655 g/mol. The molecule has 0 amide bonds. The molecule has 1 saturated carbocycles. The number of carbonyl (C=O) groups is 2. The zero-order valence-corrected chi connectivity index (χ0v) is 29.0. The van der Waals surface area contributed by atoms with E-state index in [1.54, 1.807) is 6.92 Å². The molecule has 0 aromatic rings. The maximum atomic E-state index is 12.1. The molecule has 0 spiro atoms.